The van der Waals surface area contributed by atoms with Crippen molar-refractivity contribution in [2.75, 3.05) is 52.6 Å². The summed E-state index contributed by atoms with van der Waals surface area (Å²) in [5.74, 6) is 1.44. The molecule has 2 aliphatic rings. The van der Waals surface area contributed by atoms with E-state index < -0.39 is 0 Å². The summed E-state index contributed by atoms with van der Waals surface area (Å²) in [6.45, 7) is 10.4. The van der Waals surface area contributed by atoms with Gasteiger partial charge in [0.2, 0.25) is 0 Å². The van der Waals surface area contributed by atoms with E-state index in [1.165, 1.54) is 0 Å². The Kier molecular flexibility index (Phi) is 10.0. The molecule has 0 bridgehead atoms. The minimum Gasteiger partial charge on any atom is -0.382 e. The smallest absolute Gasteiger partial charge is 0.253 e. The van der Waals surface area contributed by atoms with Gasteiger partial charge in [0.05, 0.1) is 0 Å². The lowest BCUT2D eigenvalue weighted by atomic mass is 9.93. The first-order valence-electron chi connectivity index (χ1n) is 12.5. The van der Waals surface area contributed by atoms with Crippen LogP contribution in [0.2, 0.25) is 0 Å². The molecule has 2 fully saturated rings. The monoisotopic (exact) mass is 444 g/mol. The van der Waals surface area contributed by atoms with Gasteiger partial charge in [0, 0.05) is 63.7 Å². The van der Waals surface area contributed by atoms with Gasteiger partial charge in [-0.1, -0.05) is 0 Å². The van der Waals surface area contributed by atoms with Gasteiger partial charge in [-0.25, -0.2) is 0 Å². The first kappa shape index (κ1) is 24.7. The number of hydrogen-bond donors (Lipinski definition) is 0. The van der Waals surface area contributed by atoms with Crippen molar-refractivity contribution in [1.82, 2.24) is 9.80 Å². The SMILES string of the molecule is CCOCCC1CCN(C(=O)c2ccc(C(=O)N3CCC(CCOCC)CC3)cc2)CC1. The van der Waals surface area contributed by atoms with Crippen molar-refractivity contribution in [3.63, 3.8) is 0 Å². The molecule has 6 heteroatoms. The van der Waals surface area contributed by atoms with Crippen LogP contribution in [0.15, 0.2) is 24.3 Å². The van der Waals surface area contributed by atoms with Gasteiger partial charge >= 0.3 is 0 Å². The highest BCUT2D eigenvalue weighted by Crippen LogP contribution is 2.24. The Hall–Kier alpha value is -1.92. The summed E-state index contributed by atoms with van der Waals surface area (Å²) in [5, 5.41) is 0. The van der Waals surface area contributed by atoms with Gasteiger partial charge in [-0.05, 0) is 88.5 Å². The summed E-state index contributed by atoms with van der Waals surface area (Å²) in [4.78, 5) is 29.7. The van der Waals surface area contributed by atoms with Crippen LogP contribution in [0.3, 0.4) is 0 Å². The minimum atomic E-state index is 0.0716. The molecule has 2 heterocycles. The average molecular weight is 445 g/mol. The predicted octanol–water partition coefficient (Wildman–Crippen LogP) is 4.24. The maximum atomic E-state index is 12.9. The Bertz CT molecular complexity index is 644. The summed E-state index contributed by atoms with van der Waals surface area (Å²) in [6, 6.07) is 7.24. The standard InChI is InChI=1S/C26H40N2O4/c1-3-31-19-13-21-9-15-27(16-10-21)25(29)23-5-7-24(8-6-23)26(30)28-17-11-22(12-18-28)14-20-32-4-2/h5-8,21-22H,3-4,9-20H2,1-2H3. The molecule has 0 aliphatic carbocycles. The van der Waals surface area contributed by atoms with Crippen LogP contribution in [-0.4, -0.2) is 74.2 Å². The van der Waals surface area contributed by atoms with E-state index in [1.807, 2.05) is 47.9 Å². The van der Waals surface area contributed by atoms with Crippen LogP contribution < -0.4 is 0 Å². The highest BCUT2D eigenvalue weighted by atomic mass is 16.5. The Morgan fingerprint density at radius 2 is 1.06 bits per heavy atom. The normalized spacial score (nSPS) is 18.2. The van der Waals surface area contributed by atoms with E-state index in [2.05, 4.69) is 0 Å². The zero-order valence-corrected chi connectivity index (χ0v) is 19.9. The molecule has 2 amide bonds. The lowest BCUT2D eigenvalue weighted by Gasteiger charge is -2.32. The van der Waals surface area contributed by atoms with Crippen molar-refractivity contribution in [1.29, 1.82) is 0 Å². The van der Waals surface area contributed by atoms with Crippen LogP contribution in [-0.2, 0) is 9.47 Å². The molecule has 1 aromatic carbocycles. The fourth-order valence-corrected chi connectivity index (χ4v) is 4.76. The fourth-order valence-electron chi connectivity index (χ4n) is 4.76. The molecule has 2 aliphatic heterocycles. The van der Waals surface area contributed by atoms with E-state index in [0.29, 0.717) is 23.0 Å². The van der Waals surface area contributed by atoms with Crippen molar-refractivity contribution in [3.05, 3.63) is 35.4 Å². The molecule has 0 aromatic heterocycles. The second-order valence-corrected chi connectivity index (χ2v) is 9.02. The summed E-state index contributed by atoms with van der Waals surface area (Å²) in [5.41, 5.74) is 1.34. The van der Waals surface area contributed by atoms with Crippen molar-refractivity contribution in [2.24, 2.45) is 11.8 Å². The summed E-state index contributed by atoms with van der Waals surface area (Å²) >= 11 is 0. The number of carbonyl (C=O) groups is 2. The Morgan fingerprint density at radius 1 is 0.719 bits per heavy atom. The average Bonchev–Trinajstić information content (AvgIpc) is 2.84. The summed E-state index contributed by atoms with van der Waals surface area (Å²) in [7, 11) is 0. The molecule has 0 spiro atoms. The van der Waals surface area contributed by atoms with Crippen LogP contribution >= 0.6 is 0 Å². The Morgan fingerprint density at radius 3 is 1.38 bits per heavy atom. The molecule has 32 heavy (non-hydrogen) atoms. The lowest BCUT2D eigenvalue weighted by Crippen LogP contribution is -2.39. The largest absolute Gasteiger partial charge is 0.382 e. The molecule has 2 saturated heterocycles. The number of nitrogens with zero attached hydrogens (tertiary/aromatic N) is 2. The third-order valence-corrected chi connectivity index (χ3v) is 6.93. The number of ether oxygens (including phenoxy) is 2. The first-order chi connectivity index (χ1) is 15.6. The Labute approximate surface area is 193 Å². The molecule has 0 radical (unpaired) electrons. The van der Waals surface area contributed by atoms with E-state index in [4.69, 9.17) is 9.47 Å². The highest BCUT2D eigenvalue weighted by molar-refractivity contribution is 5.97. The summed E-state index contributed by atoms with van der Waals surface area (Å²) in [6.07, 6.45) is 6.31. The number of carbonyl (C=O) groups excluding carboxylic acids is 2. The number of hydrogen-bond acceptors (Lipinski definition) is 4. The lowest BCUT2D eigenvalue weighted by molar-refractivity contribution is 0.0645. The van der Waals surface area contributed by atoms with Crippen LogP contribution in [0.25, 0.3) is 0 Å². The number of rotatable bonds is 10. The molecule has 6 nitrogen and oxygen atoms in total. The van der Waals surface area contributed by atoms with Crippen molar-refractivity contribution in [3.8, 4) is 0 Å². The molecule has 0 saturated carbocycles. The predicted molar refractivity (Wildman–Crippen MR) is 126 cm³/mol. The van der Waals surface area contributed by atoms with E-state index >= 15 is 0 Å². The molecule has 0 atom stereocenters. The van der Waals surface area contributed by atoms with E-state index in [9.17, 15) is 9.59 Å². The topological polar surface area (TPSA) is 59.1 Å². The molecule has 3 rings (SSSR count). The van der Waals surface area contributed by atoms with Gasteiger partial charge in [-0.3, -0.25) is 9.59 Å². The van der Waals surface area contributed by atoms with Gasteiger partial charge in [0.15, 0.2) is 0 Å². The summed E-state index contributed by atoms with van der Waals surface area (Å²) < 4.78 is 10.9. The molecule has 178 valence electrons. The zero-order chi connectivity index (χ0) is 22.8. The quantitative estimate of drug-likeness (QED) is 0.507. The van der Waals surface area contributed by atoms with E-state index in [-0.39, 0.29) is 11.8 Å². The van der Waals surface area contributed by atoms with Gasteiger partial charge in [-0.2, -0.15) is 0 Å². The third-order valence-electron chi connectivity index (χ3n) is 6.93. The van der Waals surface area contributed by atoms with Crippen molar-refractivity contribution in [2.45, 2.75) is 52.4 Å². The molecule has 0 unspecified atom stereocenters. The maximum absolute atomic E-state index is 12.9. The second-order valence-electron chi connectivity index (χ2n) is 9.02. The molecule has 1 aromatic rings. The molecular formula is C26H40N2O4. The molecular weight excluding hydrogens is 404 g/mol. The maximum Gasteiger partial charge on any atom is 0.253 e. The van der Waals surface area contributed by atoms with Gasteiger partial charge in [-0.15, -0.1) is 0 Å². The van der Waals surface area contributed by atoms with Crippen LogP contribution in [0, 0.1) is 11.8 Å². The van der Waals surface area contributed by atoms with Crippen molar-refractivity contribution >= 4 is 11.8 Å². The number of amides is 2. The van der Waals surface area contributed by atoms with E-state index in [1.54, 1.807) is 0 Å². The number of likely N-dealkylation sites (tertiary alicyclic amines) is 2. The van der Waals surface area contributed by atoms with Crippen LogP contribution in [0.4, 0.5) is 0 Å². The third kappa shape index (κ3) is 7.04. The highest BCUT2D eigenvalue weighted by Gasteiger charge is 2.25. The Balaban J connectivity index is 1.44. The minimum absolute atomic E-state index is 0.0716. The van der Waals surface area contributed by atoms with Crippen LogP contribution in [0.1, 0.15) is 73.1 Å². The van der Waals surface area contributed by atoms with Gasteiger partial charge in [0.25, 0.3) is 11.8 Å². The van der Waals surface area contributed by atoms with Gasteiger partial charge < -0.3 is 19.3 Å². The van der Waals surface area contributed by atoms with Crippen LogP contribution in [0.5, 0.6) is 0 Å². The number of benzene rings is 1. The molecule has 0 N–H and O–H groups in total. The second kappa shape index (κ2) is 12.9. The zero-order valence-electron chi connectivity index (χ0n) is 19.9. The fraction of sp³-hybridized carbons (Fsp3) is 0.692. The van der Waals surface area contributed by atoms with Gasteiger partial charge in [0.1, 0.15) is 0 Å². The van der Waals surface area contributed by atoms with Crippen molar-refractivity contribution < 1.29 is 19.1 Å². The van der Waals surface area contributed by atoms with E-state index in [0.717, 1.165) is 91.1 Å². The first-order valence-corrected chi connectivity index (χ1v) is 12.5. The number of piperidine rings is 2.